The van der Waals surface area contributed by atoms with E-state index in [1.54, 1.807) is 0 Å². The van der Waals surface area contributed by atoms with Crippen LogP contribution in [0.15, 0.2) is 17.9 Å². The largest absolute Gasteiger partial charge is 0.129 e. The maximum atomic E-state index is 3.28. The molecule has 0 bridgehead atoms. The number of rotatable bonds is 7. The summed E-state index contributed by atoms with van der Waals surface area (Å²) in [6.07, 6.45) is 13.8. The molecule has 0 saturated carbocycles. The Hall–Kier alpha value is -0.480. The standard InChI is InChI=1S/C15H28/c1-5-6-7-8-9-10-11-12-13-14-15(2,3)4/h12,14H,5-11H2,1-4H3. The molecule has 0 aliphatic heterocycles. The second-order valence-corrected chi connectivity index (χ2v) is 5.44. The fourth-order valence-corrected chi connectivity index (χ4v) is 1.42. The molecule has 0 radical (unpaired) electrons. The van der Waals surface area contributed by atoms with E-state index in [-0.39, 0.29) is 5.41 Å². The lowest BCUT2D eigenvalue weighted by molar-refractivity contribution is 0.545. The minimum absolute atomic E-state index is 0.275. The van der Waals surface area contributed by atoms with Crippen LogP contribution in [0, 0.1) is 5.41 Å². The molecule has 15 heavy (non-hydrogen) atoms. The summed E-state index contributed by atoms with van der Waals surface area (Å²) in [4.78, 5) is 0. The predicted octanol–water partition coefficient (Wildman–Crippen LogP) is 5.49. The second kappa shape index (κ2) is 8.80. The van der Waals surface area contributed by atoms with Crippen LogP contribution >= 0.6 is 0 Å². The number of hydrogen-bond acceptors (Lipinski definition) is 0. The predicted molar refractivity (Wildman–Crippen MR) is 70.1 cm³/mol. The highest BCUT2D eigenvalue weighted by Gasteiger charge is 2.01. The van der Waals surface area contributed by atoms with Crippen molar-refractivity contribution in [3.63, 3.8) is 0 Å². The molecule has 0 rings (SSSR count). The molecule has 0 fully saturated rings. The van der Waals surface area contributed by atoms with Crippen molar-refractivity contribution in [2.75, 3.05) is 0 Å². The van der Waals surface area contributed by atoms with E-state index >= 15 is 0 Å². The van der Waals surface area contributed by atoms with Gasteiger partial charge < -0.3 is 0 Å². The molecule has 0 atom stereocenters. The van der Waals surface area contributed by atoms with Crippen molar-refractivity contribution in [3.8, 4) is 0 Å². The lowest BCUT2D eigenvalue weighted by Gasteiger charge is -2.08. The summed E-state index contributed by atoms with van der Waals surface area (Å²) in [6.45, 7) is 8.88. The van der Waals surface area contributed by atoms with Crippen LogP contribution < -0.4 is 0 Å². The average Bonchev–Trinajstić information content (AvgIpc) is 2.14. The van der Waals surface area contributed by atoms with Crippen molar-refractivity contribution >= 4 is 0 Å². The highest BCUT2D eigenvalue weighted by molar-refractivity contribution is 4.92. The van der Waals surface area contributed by atoms with E-state index in [4.69, 9.17) is 0 Å². The minimum atomic E-state index is 0.275. The van der Waals surface area contributed by atoms with Crippen molar-refractivity contribution < 1.29 is 0 Å². The van der Waals surface area contributed by atoms with Crippen LogP contribution in [0.25, 0.3) is 0 Å². The van der Waals surface area contributed by atoms with Gasteiger partial charge in [-0.25, -0.2) is 0 Å². The smallest absolute Gasteiger partial charge is 0.0127 e. The Kier molecular flexibility index (Phi) is 8.52. The molecule has 88 valence electrons. The van der Waals surface area contributed by atoms with E-state index in [0.717, 1.165) is 0 Å². The Morgan fingerprint density at radius 2 is 1.53 bits per heavy atom. The van der Waals surface area contributed by atoms with E-state index in [9.17, 15) is 0 Å². The molecule has 0 aliphatic rings. The van der Waals surface area contributed by atoms with Crippen LogP contribution in [0.3, 0.4) is 0 Å². The monoisotopic (exact) mass is 208 g/mol. The fraction of sp³-hybridized carbons (Fsp3) is 0.800. The van der Waals surface area contributed by atoms with Crippen molar-refractivity contribution in [2.45, 2.75) is 72.6 Å². The van der Waals surface area contributed by atoms with Crippen LogP contribution in [-0.2, 0) is 0 Å². The zero-order valence-corrected chi connectivity index (χ0v) is 11.1. The van der Waals surface area contributed by atoms with Crippen molar-refractivity contribution in [2.24, 2.45) is 5.41 Å². The first-order valence-corrected chi connectivity index (χ1v) is 6.48. The van der Waals surface area contributed by atoms with E-state index in [1.165, 1.54) is 44.9 Å². The van der Waals surface area contributed by atoms with Crippen LogP contribution in [0.2, 0.25) is 0 Å². The fourth-order valence-electron chi connectivity index (χ4n) is 1.42. The molecule has 0 N–H and O–H groups in total. The maximum absolute atomic E-state index is 3.28. The van der Waals surface area contributed by atoms with Gasteiger partial charge in [0.15, 0.2) is 0 Å². The van der Waals surface area contributed by atoms with Crippen LogP contribution in [0.4, 0.5) is 0 Å². The summed E-state index contributed by atoms with van der Waals surface area (Å²) in [5.41, 5.74) is 3.55. The van der Waals surface area contributed by atoms with Crippen LogP contribution in [0.5, 0.6) is 0 Å². The zero-order chi connectivity index (χ0) is 11.6. The Bertz CT molecular complexity index is 187. The molecule has 0 aromatic carbocycles. The maximum Gasteiger partial charge on any atom is -0.0127 e. The minimum Gasteiger partial charge on any atom is -0.129 e. The first-order chi connectivity index (χ1) is 7.06. The molecule has 0 nitrogen and oxygen atoms in total. The average molecular weight is 208 g/mol. The third kappa shape index (κ3) is 13.5. The Labute approximate surface area is 96.5 Å². The lowest BCUT2D eigenvalue weighted by atomic mass is 9.97. The molecule has 0 heterocycles. The highest BCUT2D eigenvalue weighted by atomic mass is 14.1. The van der Waals surface area contributed by atoms with Gasteiger partial charge in [0.25, 0.3) is 0 Å². The normalized spacial score (nSPS) is 10.9. The molecule has 0 spiro atoms. The van der Waals surface area contributed by atoms with Crippen molar-refractivity contribution in [3.05, 3.63) is 17.9 Å². The summed E-state index contributed by atoms with van der Waals surface area (Å²) in [5.74, 6) is 0. The van der Waals surface area contributed by atoms with Gasteiger partial charge in [0.2, 0.25) is 0 Å². The van der Waals surface area contributed by atoms with Gasteiger partial charge in [-0.15, -0.1) is 5.73 Å². The SMILES string of the molecule is CCCCCCCCC=C=CC(C)(C)C. The lowest BCUT2D eigenvalue weighted by Crippen LogP contribution is -1.96. The summed E-state index contributed by atoms with van der Waals surface area (Å²) in [5, 5.41) is 0. The molecule has 0 aromatic rings. The van der Waals surface area contributed by atoms with Gasteiger partial charge in [0.05, 0.1) is 0 Å². The molecule has 0 amide bonds. The topological polar surface area (TPSA) is 0 Å². The van der Waals surface area contributed by atoms with Gasteiger partial charge in [-0.2, -0.15) is 0 Å². The van der Waals surface area contributed by atoms with Crippen LogP contribution in [0.1, 0.15) is 72.6 Å². The molecule has 0 heteroatoms. The molecular weight excluding hydrogens is 180 g/mol. The van der Waals surface area contributed by atoms with E-state index in [0.29, 0.717) is 0 Å². The van der Waals surface area contributed by atoms with Gasteiger partial charge in [-0.05, 0) is 30.4 Å². The van der Waals surface area contributed by atoms with Gasteiger partial charge in [0.1, 0.15) is 0 Å². The first-order valence-electron chi connectivity index (χ1n) is 6.48. The first kappa shape index (κ1) is 14.5. The molecule has 0 aromatic heterocycles. The van der Waals surface area contributed by atoms with Gasteiger partial charge in [-0.1, -0.05) is 59.8 Å². The third-order valence-corrected chi connectivity index (χ3v) is 2.34. The van der Waals surface area contributed by atoms with Crippen molar-refractivity contribution in [1.82, 2.24) is 0 Å². The van der Waals surface area contributed by atoms with Gasteiger partial charge in [0, 0.05) is 0 Å². The van der Waals surface area contributed by atoms with E-state index < -0.39 is 0 Å². The third-order valence-electron chi connectivity index (χ3n) is 2.34. The molecule has 0 saturated heterocycles. The van der Waals surface area contributed by atoms with E-state index in [2.05, 4.69) is 45.6 Å². The number of unbranched alkanes of at least 4 members (excludes halogenated alkanes) is 6. The second-order valence-electron chi connectivity index (χ2n) is 5.44. The van der Waals surface area contributed by atoms with Crippen molar-refractivity contribution in [1.29, 1.82) is 0 Å². The highest BCUT2D eigenvalue weighted by Crippen LogP contribution is 2.13. The zero-order valence-electron chi connectivity index (χ0n) is 11.1. The van der Waals surface area contributed by atoms with Crippen LogP contribution in [-0.4, -0.2) is 0 Å². The quantitative estimate of drug-likeness (QED) is 0.383. The Morgan fingerprint density at radius 3 is 2.13 bits per heavy atom. The molecular formula is C15H28. The molecule has 0 aliphatic carbocycles. The summed E-state index contributed by atoms with van der Waals surface area (Å²) >= 11 is 0. The number of allylic oxidation sites excluding steroid dienone is 1. The Morgan fingerprint density at radius 1 is 0.933 bits per heavy atom. The summed E-state index contributed by atoms with van der Waals surface area (Å²) in [7, 11) is 0. The van der Waals surface area contributed by atoms with Gasteiger partial charge in [-0.3, -0.25) is 0 Å². The molecule has 0 unspecified atom stereocenters. The van der Waals surface area contributed by atoms with E-state index in [1.807, 2.05) is 0 Å². The summed E-state index contributed by atoms with van der Waals surface area (Å²) in [6, 6.07) is 0. The van der Waals surface area contributed by atoms with Gasteiger partial charge >= 0.3 is 0 Å². The Balaban J connectivity index is 3.35. The summed E-state index contributed by atoms with van der Waals surface area (Å²) < 4.78 is 0. The number of hydrogen-bond donors (Lipinski definition) is 0.